The summed E-state index contributed by atoms with van der Waals surface area (Å²) in [5, 5.41) is 5.14. The van der Waals surface area contributed by atoms with Gasteiger partial charge in [-0.05, 0) is 49.3 Å². The zero-order valence-electron chi connectivity index (χ0n) is 12.7. The molecule has 2 rings (SSSR count). The zero-order valence-corrected chi connectivity index (χ0v) is 13.6. The van der Waals surface area contributed by atoms with Crippen molar-refractivity contribution in [2.75, 3.05) is 23.7 Å². The second kappa shape index (κ2) is 6.23. The van der Waals surface area contributed by atoms with Crippen LogP contribution in [-0.4, -0.2) is 21.5 Å². The minimum atomic E-state index is -3.75. The van der Waals surface area contributed by atoms with Crippen molar-refractivity contribution in [2.45, 2.75) is 38.0 Å². The van der Waals surface area contributed by atoms with E-state index in [4.69, 9.17) is 10.9 Å². The number of hydrogen-bond donors (Lipinski definition) is 2. The van der Waals surface area contributed by atoms with Gasteiger partial charge in [-0.2, -0.15) is 0 Å². The van der Waals surface area contributed by atoms with Crippen LogP contribution in [0.4, 0.5) is 11.4 Å². The van der Waals surface area contributed by atoms with Crippen LogP contribution < -0.4 is 15.8 Å². The second-order valence-electron chi connectivity index (χ2n) is 6.19. The SMILES string of the molecule is CC(C)C1CCCN(c2ccc(S(N)(=O)=O)c(N)c2)CC1. The zero-order chi connectivity index (χ0) is 15.6. The topological polar surface area (TPSA) is 89.4 Å². The van der Waals surface area contributed by atoms with Gasteiger partial charge in [0.25, 0.3) is 0 Å². The Hall–Kier alpha value is -1.27. The summed E-state index contributed by atoms with van der Waals surface area (Å²) in [6.07, 6.45) is 3.56. The lowest BCUT2D eigenvalue weighted by atomic mass is 9.89. The maximum Gasteiger partial charge on any atom is 0.240 e. The molecule has 5 nitrogen and oxygen atoms in total. The van der Waals surface area contributed by atoms with E-state index in [-0.39, 0.29) is 10.6 Å². The van der Waals surface area contributed by atoms with Crippen molar-refractivity contribution in [2.24, 2.45) is 17.0 Å². The molecule has 1 aliphatic heterocycles. The third-order valence-electron chi connectivity index (χ3n) is 4.38. The van der Waals surface area contributed by atoms with E-state index in [1.165, 1.54) is 12.5 Å². The van der Waals surface area contributed by atoms with Gasteiger partial charge in [0.15, 0.2) is 0 Å². The molecule has 1 fully saturated rings. The molecule has 1 atom stereocenters. The lowest BCUT2D eigenvalue weighted by Crippen LogP contribution is -2.25. The average Bonchev–Trinajstić information content (AvgIpc) is 2.62. The first-order chi connectivity index (χ1) is 9.79. The molecule has 1 saturated heterocycles. The van der Waals surface area contributed by atoms with Gasteiger partial charge in [-0.1, -0.05) is 13.8 Å². The lowest BCUT2D eigenvalue weighted by Gasteiger charge is -2.24. The van der Waals surface area contributed by atoms with Crippen LogP contribution in [0.25, 0.3) is 0 Å². The molecule has 1 aromatic rings. The van der Waals surface area contributed by atoms with Crippen LogP contribution in [0.5, 0.6) is 0 Å². The highest BCUT2D eigenvalue weighted by molar-refractivity contribution is 7.89. The van der Waals surface area contributed by atoms with Crippen molar-refractivity contribution in [3.05, 3.63) is 18.2 Å². The molecule has 4 N–H and O–H groups in total. The fourth-order valence-electron chi connectivity index (χ4n) is 3.04. The molecule has 1 unspecified atom stereocenters. The molecule has 0 amide bonds. The molecule has 118 valence electrons. The Labute approximate surface area is 127 Å². The number of primary sulfonamides is 1. The fraction of sp³-hybridized carbons (Fsp3) is 0.600. The maximum absolute atomic E-state index is 11.4. The first-order valence-electron chi connectivity index (χ1n) is 7.46. The fourth-order valence-corrected chi connectivity index (χ4v) is 3.68. The van der Waals surface area contributed by atoms with Gasteiger partial charge in [-0.25, -0.2) is 13.6 Å². The van der Waals surface area contributed by atoms with Crippen molar-refractivity contribution in [3.63, 3.8) is 0 Å². The summed E-state index contributed by atoms with van der Waals surface area (Å²) in [6.45, 7) is 6.52. The molecule has 1 heterocycles. The van der Waals surface area contributed by atoms with Gasteiger partial charge in [-0.15, -0.1) is 0 Å². The molecule has 0 spiro atoms. The van der Waals surface area contributed by atoms with E-state index in [2.05, 4.69) is 18.7 Å². The number of benzene rings is 1. The van der Waals surface area contributed by atoms with Gasteiger partial charge in [0, 0.05) is 18.8 Å². The smallest absolute Gasteiger partial charge is 0.240 e. The van der Waals surface area contributed by atoms with Crippen molar-refractivity contribution < 1.29 is 8.42 Å². The summed E-state index contributed by atoms with van der Waals surface area (Å²) < 4.78 is 22.8. The summed E-state index contributed by atoms with van der Waals surface area (Å²) in [6, 6.07) is 5.02. The second-order valence-corrected chi connectivity index (χ2v) is 7.72. The minimum absolute atomic E-state index is 0.00105. The van der Waals surface area contributed by atoms with Gasteiger partial charge in [0.05, 0.1) is 5.69 Å². The standard InChI is InChI=1S/C15H25N3O2S/c1-11(2)12-4-3-8-18(9-7-12)13-5-6-15(14(16)10-13)21(17,19)20/h5-6,10-12H,3-4,7-9,16H2,1-2H3,(H2,17,19,20). The van der Waals surface area contributed by atoms with Gasteiger partial charge < -0.3 is 10.6 Å². The van der Waals surface area contributed by atoms with Gasteiger partial charge in [0.2, 0.25) is 10.0 Å². The Bertz CT molecular complexity index is 599. The van der Waals surface area contributed by atoms with Crippen LogP contribution in [-0.2, 0) is 10.0 Å². The normalized spacial score (nSPS) is 20.6. The Morgan fingerprint density at radius 2 is 1.95 bits per heavy atom. The number of nitrogens with two attached hydrogens (primary N) is 2. The number of hydrogen-bond acceptors (Lipinski definition) is 4. The predicted octanol–water partition coefficient (Wildman–Crippen LogP) is 2.18. The summed E-state index contributed by atoms with van der Waals surface area (Å²) in [5.41, 5.74) is 7.04. The van der Waals surface area contributed by atoms with Crippen LogP contribution >= 0.6 is 0 Å². The van der Waals surface area contributed by atoms with Crippen molar-refractivity contribution in [1.29, 1.82) is 0 Å². The number of sulfonamides is 1. The Kier molecular flexibility index (Phi) is 4.78. The summed E-state index contributed by atoms with van der Waals surface area (Å²) in [5.74, 6) is 1.47. The first-order valence-corrected chi connectivity index (χ1v) is 9.01. The highest BCUT2D eigenvalue weighted by Crippen LogP contribution is 2.29. The van der Waals surface area contributed by atoms with Crippen molar-refractivity contribution in [3.8, 4) is 0 Å². The van der Waals surface area contributed by atoms with E-state index in [1.807, 2.05) is 0 Å². The summed E-state index contributed by atoms with van der Waals surface area (Å²) >= 11 is 0. The molecular weight excluding hydrogens is 286 g/mol. The highest BCUT2D eigenvalue weighted by Gasteiger charge is 2.20. The number of rotatable bonds is 3. The van der Waals surface area contributed by atoms with E-state index >= 15 is 0 Å². The molecule has 0 radical (unpaired) electrons. The van der Waals surface area contributed by atoms with E-state index in [0.717, 1.165) is 37.5 Å². The number of nitrogen functional groups attached to an aromatic ring is 1. The largest absolute Gasteiger partial charge is 0.398 e. The highest BCUT2D eigenvalue weighted by atomic mass is 32.2. The average molecular weight is 311 g/mol. The van der Waals surface area contributed by atoms with Gasteiger partial charge in [-0.3, -0.25) is 0 Å². The molecular formula is C15H25N3O2S. The van der Waals surface area contributed by atoms with Crippen LogP contribution in [0.2, 0.25) is 0 Å². The van der Waals surface area contributed by atoms with Crippen LogP contribution in [0.1, 0.15) is 33.1 Å². The van der Waals surface area contributed by atoms with E-state index in [9.17, 15) is 8.42 Å². The Morgan fingerprint density at radius 1 is 1.24 bits per heavy atom. The maximum atomic E-state index is 11.4. The Balaban J connectivity index is 2.17. The third-order valence-corrected chi connectivity index (χ3v) is 5.37. The molecule has 21 heavy (non-hydrogen) atoms. The molecule has 0 saturated carbocycles. The van der Waals surface area contributed by atoms with Crippen molar-refractivity contribution in [1.82, 2.24) is 0 Å². The van der Waals surface area contributed by atoms with Crippen molar-refractivity contribution >= 4 is 21.4 Å². The van der Waals surface area contributed by atoms with E-state index in [1.54, 1.807) is 12.1 Å². The molecule has 0 aliphatic carbocycles. The quantitative estimate of drug-likeness (QED) is 0.837. The summed E-state index contributed by atoms with van der Waals surface area (Å²) in [7, 11) is -3.75. The minimum Gasteiger partial charge on any atom is -0.398 e. The monoisotopic (exact) mass is 311 g/mol. The van der Waals surface area contributed by atoms with E-state index < -0.39 is 10.0 Å². The molecule has 0 bridgehead atoms. The van der Waals surface area contributed by atoms with E-state index in [0.29, 0.717) is 5.92 Å². The summed E-state index contributed by atoms with van der Waals surface area (Å²) in [4.78, 5) is 2.28. The van der Waals surface area contributed by atoms with Crippen LogP contribution in [0, 0.1) is 11.8 Å². The van der Waals surface area contributed by atoms with Gasteiger partial charge >= 0.3 is 0 Å². The Morgan fingerprint density at radius 3 is 2.52 bits per heavy atom. The lowest BCUT2D eigenvalue weighted by molar-refractivity contribution is 0.351. The number of nitrogens with zero attached hydrogens (tertiary/aromatic N) is 1. The molecule has 0 aromatic heterocycles. The first kappa shape index (κ1) is 16.1. The van der Waals surface area contributed by atoms with Crippen LogP contribution in [0.3, 0.4) is 0 Å². The molecule has 1 aliphatic rings. The number of anilines is 2. The van der Waals surface area contributed by atoms with Gasteiger partial charge in [0.1, 0.15) is 4.90 Å². The molecule has 1 aromatic carbocycles. The third kappa shape index (κ3) is 3.89. The predicted molar refractivity (Wildman–Crippen MR) is 86.6 cm³/mol. The molecule has 6 heteroatoms. The van der Waals surface area contributed by atoms with Crippen LogP contribution in [0.15, 0.2) is 23.1 Å².